The molecule has 0 aliphatic rings. The summed E-state index contributed by atoms with van der Waals surface area (Å²) in [7, 11) is 0. The first-order chi connectivity index (χ1) is 16.2. The number of aromatic hydroxyl groups is 1. The predicted octanol–water partition coefficient (Wildman–Crippen LogP) is 5.49. The van der Waals surface area contributed by atoms with Crippen molar-refractivity contribution in [2.45, 2.75) is 0 Å². The summed E-state index contributed by atoms with van der Waals surface area (Å²) in [4.78, 5) is 33.6. The summed E-state index contributed by atoms with van der Waals surface area (Å²) in [5.74, 6) is -3.24. The fourth-order valence-corrected chi connectivity index (χ4v) is 3.63. The van der Waals surface area contributed by atoms with E-state index in [2.05, 4.69) is 0 Å². The molecule has 0 saturated carbocycles. The molecule has 0 radical (unpaired) electrons. The summed E-state index contributed by atoms with van der Waals surface area (Å²) >= 11 is 0. The highest BCUT2D eigenvalue weighted by Crippen LogP contribution is 2.42. The van der Waals surface area contributed by atoms with Gasteiger partial charge in [0.15, 0.2) is 0 Å². The van der Waals surface area contributed by atoms with E-state index in [4.69, 9.17) is 0 Å². The number of carboxylic acid groups (broad SMARTS) is 3. The average Bonchev–Trinajstić information content (AvgIpc) is 2.84. The fraction of sp³-hybridized carbons (Fsp3) is 0. The number of carbonyl (C=O) groups is 3. The van der Waals surface area contributed by atoms with E-state index >= 15 is 0 Å². The zero-order valence-corrected chi connectivity index (χ0v) is 17.6. The third-order valence-electron chi connectivity index (χ3n) is 5.46. The smallest absolute Gasteiger partial charge is 0.335 e. The van der Waals surface area contributed by atoms with E-state index in [1.807, 2.05) is 0 Å². The molecule has 0 amide bonds. The maximum Gasteiger partial charge on any atom is 0.335 e. The standard InChI is InChI=1S/C27H18O7/c28-24-22(16-3-9-19(10-4-16)26(31)32)13-21(15-1-7-18(8-2-15)25(29)30)14-23(24)17-5-11-20(12-6-17)27(33)34/h1-14,28H,(H,29,30)(H,31,32)(H,33,34). The Kier molecular flexibility index (Phi) is 5.84. The maximum atomic E-state index is 11.2. The normalized spacial score (nSPS) is 10.6. The fourth-order valence-electron chi connectivity index (χ4n) is 3.63. The van der Waals surface area contributed by atoms with Crippen LogP contribution in [-0.2, 0) is 0 Å². The number of hydrogen-bond acceptors (Lipinski definition) is 4. The Labute approximate surface area is 193 Å². The van der Waals surface area contributed by atoms with Crippen molar-refractivity contribution in [2.75, 3.05) is 0 Å². The molecule has 168 valence electrons. The lowest BCUT2D eigenvalue weighted by Gasteiger charge is -2.15. The maximum absolute atomic E-state index is 11.2. The van der Waals surface area contributed by atoms with Gasteiger partial charge in [-0.25, -0.2) is 14.4 Å². The molecule has 7 heteroatoms. The molecular formula is C27H18O7. The Balaban J connectivity index is 1.90. The van der Waals surface area contributed by atoms with Crippen molar-refractivity contribution >= 4 is 17.9 Å². The van der Waals surface area contributed by atoms with Crippen molar-refractivity contribution in [3.05, 3.63) is 102 Å². The van der Waals surface area contributed by atoms with Crippen LogP contribution in [0, 0.1) is 0 Å². The van der Waals surface area contributed by atoms with Crippen LogP contribution in [0.1, 0.15) is 31.1 Å². The van der Waals surface area contributed by atoms with Crippen molar-refractivity contribution in [1.29, 1.82) is 0 Å². The third kappa shape index (κ3) is 4.35. The number of rotatable bonds is 6. The molecule has 34 heavy (non-hydrogen) atoms. The van der Waals surface area contributed by atoms with Crippen molar-refractivity contribution in [3.8, 4) is 39.1 Å². The van der Waals surface area contributed by atoms with Gasteiger partial charge in [0.2, 0.25) is 0 Å². The highest BCUT2D eigenvalue weighted by molar-refractivity contribution is 5.93. The van der Waals surface area contributed by atoms with Crippen LogP contribution >= 0.6 is 0 Å². The molecule has 0 heterocycles. The Hall–Kier alpha value is -4.91. The summed E-state index contributed by atoms with van der Waals surface area (Å²) in [5, 5.41) is 38.7. The van der Waals surface area contributed by atoms with E-state index in [1.165, 1.54) is 36.4 Å². The Bertz CT molecular complexity index is 1320. The van der Waals surface area contributed by atoms with Crippen LogP contribution in [0.25, 0.3) is 33.4 Å². The minimum absolute atomic E-state index is 0.0583. The van der Waals surface area contributed by atoms with E-state index in [9.17, 15) is 34.8 Å². The lowest BCUT2D eigenvalue weighted by atomic mass is 9.91. The zero-order valence-electron chi connectivity index (χ0n) is 17.6. The van der Waals surface area contributed by atoms with E-state index in [0.29, 0.717) is 33.4 Å². The van der Waals surface area contributed by atoms with Crippen LogP contribution in [0.3, 0.4) is 0 Å². The molecule has 0 saturated heterocycles. The lowest BCUT2D eigenvalue weighted by Crippen LogP contribution is -1.96. The first-order valence-electron chi connectivity index (χ1n) is 10.1. The van der Waals surface area contributed by atoms with Crippen molar-refractivity contribution in [2.24, 2.45) is 0 Å². The Morgan fingerprint density at radius 3 is 1.03 bits per heavy atom. The summed E-state index contributed by atoms with van der Waals surface area (Å²) in [6.45, 7) is 0. The number of phenolic OH excluding ortho intramolecular Hbond substituents is 1. The largest absolute Gasteiger partial charge is 0.507 e. The van der Waals surface area contributed by atoms with Crippen LogP contribution in [-0.4, -0.2) is 38.3 Å². The van der Waals surface area contributed by atoms with E-state index < -0.39 is 17.9 Å². The minimum Gasteiger partial charge on any atom is -0.507 e. The van der Waals surface area contributed by atoms with Gasteiger partial charge in [-0.05, 0) is 70.8 Å². The summed E-state index contributed by atoms with van der Waals surface area (Å²) in [5.41, 5.74) is 3.77. The predicted molar refractivity (Wildman–Crippen MR) is 125 cm³/mol. The molecule has 4 N–H and O–H groups in total. The minimum atomic E-state index is -1.07. The van der Waals surface area contributed by atoms with Gasteiger partial charge < -0.3 is 20.4 Å². The SMILES string of the molecule is O=C(O)c1ccc(-c2cc(-c3ccc(C(=O)O)cc3)c(O)c(-c3ccc(C(=O)O)cc3)c2)cc1. The number of phenols is 1. The van der Waals surface area contributed by atoms with E-state index in [0.717, 1.165) is 0 Å². The number of carboxylic acids is 3. The van der Waals surface area contributed by atoms with Gasteiger partial charge in [0.05, 0.1) is 16.7 Å². The molecule has 7 nitrogen and oxygen atoms in total. The molecule has 0 atom stereocenters. The summed E-state index contributed by atoms with van der Waals surface area (Å²) in [6, 6.07) is 21.8. The Morgan fingerprint density at radius 2 is 0.735 bits per heavy atom. The molecule has 0 aromatic heterocycles. The molecule has 0 fully saturated rings. The van der Waals surface area contributed by atoms with Crippen molar-refractivity contribution < 1.29 is 34.8 Å². The molecular weight excluding hydrogens is 436 g/mol. The number of hydrogen-bond donors (Lipinski definition) is 4. The van der Waals surface area contributed by atoms with E-state index in [1.54, 1.807) is 48.5 Å². The second-order valence-electron chi connectivity index (χ2n) is 7.57. The molecule has 4 rings (SSSR count). The Morgan fingerprint density at radius 1 is 0.441 bits per heavy atom. The topological polar surface area (TPSA) is 132 Å². The van der Waals surface area contributed by atoms with Crippen LogP contribution in [0.15, 0.2) is 84.9 Å². The van der Waals surface area contributed by atoms with Gasteiger partial charge in [-0.1, -0.05) is 36.4 Å². The van der Waals surface area contributed by atoms with Crippen LogP contribution in [0.4, 0.5) is 0 Å². The highest BCUT2D eigenvalue weighted by atomic mass is 16.4. The van der Waals surface area contributed by atoms with Gasteiger partial charge in [0.25, 0.3) is 0 Å². The van der Waals surface area contributed by atoms with Crippen LogP contribution in [0.5, 0.6) is 5.75 Å². The average molecular weight is 454 g/mol. The number of benzene rings is 4. The first kappa shape index (κ1) is 22.3. The van der Waals surface area contributed by atoms with Gasteiger partial charge in [0, 0.05) is 11.1 Å². The summed E-state index contributed by atoms with van der Waals surface area (Å²) < 4.78 is 0. The molecule has 4 aromatic carbocycles. The van der Waals surface area contributed by atoms with Crippen LogP contribution in [0.2, 0.25) is 0 Å². The van der Waals surface area contributed by atoms with E-state index in [-0.39, 0.29) is 22.4 Å². The quantitative estimate of drug-likeness (QED) is 0.303. The van der Waals surface area contributed by atoms with Gasteiger partial charge >= 0.3 is 17.9 Å². The second-order valence-corrected chi connectivity index (χ2v) is 7.57. The zero-order chi connectivity index (χ0) is 24.4. The molecule has 0 spiro atoms. The van der Waals surface area contributed by atoms with Gasteiger partial charge in [0.1, 0.15) is 5.75 Å². The molecule has 4 aromatic rings. The van der Waals surface area contributed by atoms with Gasteiger partial charge in [-0.15, -0.1) is 0 Å². The third-order valence-corrected chi connectivity index (χ3v) is 5.46. The first-order valence-corrected chi connectivity index (χ1v) is 10.1. The summed E-state index contributed by atoms with van der Waals surface area (Å²) in [6.07, 6.45) is 0. The van der Waals surface area contributed by atoms with Gasteiger partial charge in [-0.2, -0.15) is 0 Å². The van der Waals surface area contributed by atoms with Crippen molar-refractivity contribution in [1.82, 2.24) is 0 Å². The molecule has 0 aliphatic carbocycles. The molecule has 0 bridgehead atoms. The molecule has 0 unspecified atom stereocenters. The molecule has 0 aliphatic heterocycles. The lowest BCUT2D eigenvalue weighted by molar-refractivity contribution is 0.0686. The highest BCUT2D eigenvalue weighted by Gasteiger charge is 2.16. The number of aromatic carboxylic acids is 3. The van der Waals surface area contributed by atoms with Crippen LogP contribution < -0.4 is 0 Å². The van der Waals surface area contributed by atoms with Gasteiger partial charge in [-0.3, -0.25) is 0 Å². The van der Waals surface area contributed by atoms with Crippen molar-refractivity contribution in [3.63, 3.8) is 0 Å². The second kappa shape index (κ2) is 8.91. The monoisotopic (exact) mass is 454 g/mol.